The average molecular weight is 257 g/mol. The van der Waals surface area contributed by atoms with E-state index in [-0.39, 0.29) is 13.0 Å². The highest BCUT2D eigenvalue weighted by atomic mass is 79.9. The van der Waals surface area contributed by atoms with Crippen molar-refractivity contribution < 1.29 is 19.0 Å². The standard InChI is InChI=1S/C8H14BrFO3/c1-3-5-6(11)8(9,10)7(12)13-4-2/h6,11H,3-5H2,1-2H3/t6-,8+/m1/s1. The van der Waals surface area contributed by atoms with Gasteiger partial charge in [0.05, 0.1) is 6.61 Å². The average Bonchev–Trinajstić information content (AvgIpc) is 2.05. The van der Waals surface area contributed by atoms with Crippen LogP contribution in [0.3, 0.4) is 0 Å². The molecule has 78 valence electrons. The second-order valence-electron chi connectivity index (χ2n) is 2.65. The van der Waals surface area contributed by atoms with Crippen LogP contribution in [0.1, 0.15) is 26.7 Å². The van der Waals surface area contributed by atoms with E-state index < -0.39 is 16.7 Å². The van der Waals surface area contributed by atoms with Crippen molar-refractivity contribution in [2.24, 2.45) is 0 Å². The van der Waals surface area contributed by atoms with Gasteiger partial charge in [0.1, 0.15) is 6.10 Å². The Hall–Kier alpha value is -0.160. The van der Waals surface area contributed by atoms with Crippen LogP contribution in [0.4, 0.5) is 4.39 Å². The smallest absolute Gasteiger partial charge is 0.357 e. The number of hydrogen-bond donors (Lipinski definition) is 1. The van der Waals surface area contributed by atoms with Gasteiger partial charge in [-0.15, -0.1) is 0 Å². The Bertz CT molecular complexity index is 173. The second kappa shape index (κ2) is 5.54. The number of carbonyl (C=O) groups excluding carboxylic acids is 1. The van der Waals surface area contributed by atoms with Crippen molar-refractivity contribution in [3.8, 4) is 0 Å². The van der Waals surface area contributed by atoms with Crippen molar-refractivity contribution in [2.45, 2.75) is 37.4 Å². The fraction of sp³-hybridized carbons (Fsp3) is 0.875. The van der Waals surface area contributed by atoms with E-state index in [0.717, 1.165) is 0 Å². The molecule has 13 heavy (non-hydrogen) atoms. The molecule has 1 N–H and O–H groups in total. The summed E-state index contributed by atoms with van der Waals surface area (Å²) >= 11 is 2.52. The van der Waals surface area contributed by atoms with Crippen LogP contribution < -0.4 is 0 Å². The summed E-state index contributed by atoms with van der Waals surface area (Å²) in [5, 5.41) is 9.25. The molecule has 3 nitrogen and oxygen atoms in total. The Kier molecular flexibility index (Phi) is 5.48. The molecule has 0 aromatic rings. The summed E-state index contributed by atoms with van der Waals surface area (Å²) < 4.78 is 15.4. The van der Waals surface area contributed by atoms with Gasteiger partial charge in [0.2, 0.25) is 0 Å². The summed E-state index contributed by atoms with van der Waals surface area (Å²) in [5.74, 6) is -1.07. The topological polar surface area (TPSA) is 46.5 Å². The first-order valence-corrected chi connectivity index (χ1v) is 4.99. The first-order valence-electron chi connectivity index (χ1n) is 4.19. The molecule has 0 fully saturated rings. The number of hydrogen-bond acceptors (Lipinski definition) is 3. The first kappa shape index (κ1) is 12.8. The molecule has 0 heterocycles. The van der Waals surface area contributed by atoms with Crippen LogP contribution in [0.15, 0.2) is 0 Å². The number of esters is 1. The van der Waals surface area contributed by atoms with Gasteiger partial charge in [-0.1, -0.05) is 13.3 Å². The number of ether oxygens (including phenoxy) is 1. The summed E-state index contributed by atoms with van der Waals surface area (Å²) in [5.41, 5.74) is 0. The lowest BCUT2D eigenvalue weighted by atomic mass is 10.1. The van der Waals surface area contributed by atoms with E-state index in [1.54, 1.807) is 13.8 Å². The number of aliphatic hydroxyl groups excluding tert-OH is 1. The Morgan fingerprint density at radius 3 is 2.62 bits per heavy atom. The zero-order valence-corrected chi connectivity index (χ0v) is 9.30. The molecular weight excluding hydrogens is 243 g/mol. The zero-order valence-electron chi connectivity index (χ0n) is 7.72. The molecular formula is C8H14BrFO3. The molecule has 0 bridgehead atoms. The van der Waals surface area contributed by atoms with Crippen molar-refractivity contribution in [1.29, 1.82) is 0 Å². The normalized spacial score (nSPS) is 17.6. The van der Waals surface area contributed by atoms with Gasteiger partial charge in [-0.3, -0.25) is 0 Å². The van der Waals surface area contributed by atoms with Crippen LogP contribution in [-0.2, 0) is 9.53 Å². The van der Waals surface area contributed by atoms with Crippen LogP contribution in [0.25, 0.3) is 0 Å². The Balaban J connectivity index is 4.26. The second-order valence-corrected chi connectivity index (χ2v) is 3.80. The highest BCUT2D eigenvalue weighted by molar-refractivity contribution is 9.10. The predicted molar refractivity (Wildman–Crippen MR) is 50.3 cm³/mol. The minimum absolute atomic E-state index is 0.0922. The maximum atomic E-state index is 13.4. The maximum Gasteiger partial charge on any atom is 0.357 e. The van der Waals surface area contributed by atoms with Crippen LogP contribution in [0, 0.1) is 0 Å². The molecule has 0 rings (SSSR count). The fourth-order valence-electron chi connectivity index (χ4n) is 0.818. The molecule has 0 aliphatic heterocycles. The molecule has 2 atom stereocenters. The van der Waals surface area contributed by atoms with Crippen LogP contribution >= 0.6 is 15.9 Å². The summed E-state index contributed by atoms with van der Waals surface area (Å²) in [7, 11) is 0. The van der Waals surface area contributed by atoms with Crippen molar-refractivity contribution >= 4 is 21.9 Å². The lowest BCUT2D eigenvalue weighted by Crippen LogP contribution is -2.41. The van der Waals surface area contributed by atoms with Gasteiger partial charge in [0, 0.05) is 0 Å². The molecule has 0 unspecified atom stereocenters. The molecule has 0 radical (unpaired) electrons. The number of aliphatic hydroxyl groups is 1. The largest absolute Gasteiger partial charge is 0.463 e. The number of rotatable bonds is 5. The third-order valence-corrected chi connectivity index (χ3v) is 2.38. The van der Waals surface area contributed by atoms with Gasteiger partial charge in [0.25, 0.3) is 4.58 Å². The third-order valence-electron chi connectivity index (χ3n) is 1.53. The number of halogens is 2. The van der Waals surface area contributed by atoms with Crippen LogP contribution in [-0.4, -0.2) is 28.4 Å². The number of carbonyl (C=O) groups is 1. The van der Waals surface area contributed by atoms with Gasteiger partial charge in [-0.2, -0.15) is 0 Å². The minimum atomic E-state index is -2.47. The maximum absolute atomic E-state index is 13.4. The highest BCUT2D eigenvalue weighted by Gasteiger charge is 2.44. The van der Waals surface area contributed by atoms with Crippen molar-refractivity contribution in [3.63, 3.8) is 0 Å². The molecule has 0 amide bonds. The van der Waals surface area contributed by atoms with Crippen LogP contribution in [0.5, 0.6) is 0 Å². The molecule has 0 aromatic heterocycles. The zero-order chi connectivity index (χ0) is 10.5. The van der Waals surface area contributed by atoms with E-state index >= 15 is 0 Å². The molecule has 0 spiro atoms. The molecule has 5 heteroatoms. The van der Waals surface area contributed by atoms with Gasteiger partial charge in [-0.05, 0) is 29.3 Å². The van der Waals surface area contributed by atoms with E-state index in [1.807, 2.05) is 0 Å². The number of alkyl halides is 2. The van der Waals surface area contributed by atoms with E-state index in [2.05, 4.69) is 20.7 Å². The quantitative estimate of drug-likeness (QED) is 0.603. The fourth-order valence-corrected chi connectivity index (χ4v) is 1.16. The van der Waals surface area contributed by atoms with Crippen LogP contribution in [0.2, 0.25) is 0 Å². The van der Waals surface area contributed by atoms with Gasteiger partial charge in [-0.25, -0.2) is 9.18 Å². The van der Waals surface area contributed by atoms with Gasteiger partial charge >= 0.3 is 5.97 Å². The highest BCUT2D eigenvalue weighted by Crippen LogP contribution is 2.28. The summed E-state index contributed by atoms with van der Waals surface area (Å²) in [6.45, 7) is 3.46. The van der Waals surface area contributed by atoms with E-state index in [1.165, 1.54) is 0 Å². The monoisotopic (exact) mass is 256 g/mol. The van der Waals surface area contributed by atoms with Crippen molar-refractivity contribution in [3.05, 3.63) is 0 Å². The lowest BCUT2D eigenvalue weighted by Gasteiger charge is -2.21. The SMILES string of the molecule is CCC[C@@H](O)[C@@](F)(Br)C(=O)OCC. The van der Waals surface area contributed by atoms with Crippen molar-refractivity contribution in [2.75, 3.05) is 6.61 Å². The third kappa shape index (κ3) is 3.60. The van der Waals surface area contributed by atoms with Gasteiger partial charge in [0.15, 0.2) is 0 Å². The Morgan fingerprint density at radius 2 is 2.23 bits per heavy atom. The minimum Gasteiger partial charge on any atom is -0.463 e. The van der Waals surface area contributed by atoms with E-state index in [4.69, 9.17) is 0 Å². The Morgan fingerprint density at radius 1 is 1.69 bits per heavy atom. The van der Waals surface area contributed by atoms with E-state index in [9.17, 15) is 14.3 Å². The molecule has 0 saturated heterocycles. The van der Waals surface area contributed by atoms with Gasteiger partial charge < -0.3 is 9.84 Å². The molecule has 0 aliphatic carbocycles. The van der Waals surface area contributed by atoms with E-state index in [0.29, 0.717) is 6.42 Å². The molecule has 0 aromatic carbocycles. The summed E-state index contributed by atoms with van der Waals surface area (Å²) in [6.07, 6.45) is -0.560. The molecule has 0 aliphatic rings. The molecule has 0 saturated carbocycles. The van der Waals surface area contributed by atoms with Crippen molar-refractivity contribution in [1.82, 2.24) is 0 Å². The summed E-state index contributed by atoms with van der Waals surface area (Å²) in [4.78, 5) is 11.0. The predicted octanol–water partition coefficient (Wildman–Crippen LogP) is 1.77. The first-order chi connectivity index (χ1) is 5.96. The summed E-state index contributed by atoms with van der Waals surface area (Å²) in [6, 6.07) is 0. The lowest BCUT2D eigenvalue weighted by molar-refractivity contribution is -0.156. The Labute approximate surface area is 85.4 Å².